The summed E-state index contributed by atoms with van der Waals surface area (Å²) in [6, 6.07) is 8.52. The number of nitrogens with zero attached hydrogens (tertiary/aromatic N) is 2. The normalized spacial score (nSPS) is 24.5. The molecule has 0 saturated carbocycles. The molecule has 2 aromatic rings. The number of benzene rings is 1. The summed E-state index contributed by atoms with van der Waals surface area (Å²) in [5, 5.41) is 0. The van der Waals surface area contributed by atoms with E-state index in [0.717, 1.165) is 41.2 Å². The van der Waals surface area contributed by atoms with E-state index in [1.807, 2.05) is 18.2 Å². The molecule has 1 saturated heterocycles. The molecule has 0 aliphatic carbocycles. The van der Waals surface area contributed by atoms with Crippen LogP contribution in [-0.4, -0.2) is 25.3 Å². The summed E-state index contributed by atoms with van der Waals surface area (Å²) in [7, 11) is -0.632. The highest BCUT2D eigenvalue weighted by atomic mass is 35.5. The van der Waals surface area contributed by atoms with E-state index >= 15 is 0 Å². The van der Waals surface area contributed by atoms with Gasteiger partial charge in [0.15, 0.2) is 0 Å². The molecule has 1 aliphatic heterocycles. The summed E-state index contributed by atoms with van der Waals surface area (Å²) >= 11 is 6.01. The lowest BCUT2D eigenvalue weighted by Crippen LogP contribution is -2.22. The van der Waals surface area contributed by atoms with Gasteiger partial charge in [-0.15, -0.1) is 11.6 Å². The zero-order valence-corrected chi connectivity index (χ0v) is 11.6. The average Bonchev–Trinajstić information content (AvgIpc) is 2.78. The zero-order chi connectivity index (χ0) is 12.5. The van der Waals surface area contributed by atoms with Gasteiger partial charge in [0.25, 0.3) is 0 Å². The number of hydrogen-bond donors (Lipinski definition) is 0. The number of alkyl halides is 1. The molecule has 96 valence electrons. The number of para-hydroxylation sites is 2. The monoisotopic (exact) mass is 282 g/mol. The van der Waals surface area contributed by atoms with Crippen molar-refractivity contribution < 1.29 is 4.21 Å². The van der Waals surface area contributed by atoms with Gasteiger partial charge in [-0.25, -0.2) is 4.98 Å². The van der Waals surface area contributed by atoms with E-state index in [2.05, 4.69) is 15.6 Å². The summed E-state index contributed by atoms with van der Waals surface area (Å²) in [6.45, 7) is 0. The van der Waals surface area contributed by atoms with E-state index < -0.39 is 10.8 Å². The Morgan fingerprint density at radius 1 is 1.33 bits per heavy atom. The highest BCUT2D eigenvalue weighted by molar-refractivity contribution is 7.85. The van der Waals surface area contributed by atoms with Gasteiger partial charge in [-0.2, -0.15) is 0 Å². The predicted octanol–water partition coefficient (Wildman–Crippen LogP) is 2.86. The van der Waals surface area contributed by atoms with E-state index in [1.54, 1.807) is 0 Å². The Morgan fingerprint density at radius 2 is 2.06 bits per heavy atom. The lowest BCUT2D eigenvalue weighted by molar-refractivity contribution is 0.462. The summed E-state index contributed by atoms with van der Waals surface area (Å²) < 4.78 is 13.7. The summed E-state index contributed by atoms with van der Waals surface area (Å²) in [4.78, 5) is 4.58. The minimum absolute atomic E-state index is 0.392. The van der Waals surface area contributed by atoms with Crippen LogP contribution in [0.3, 0.4) is 0 Å². The minimum atomic E-state index is -0.632. The fourth-order valence-corrected chi connectivity index (χ4v) is 4.10. The van der Waals surface area contributed by atoms with Crippen LogP contribution in [0.4, 0.5) is 0 Å². The third kappa shape index (κ3) is 2.08. The summed E-state index contributed by atoms with van der Waals surface area (Å²) in [6.07, 6.45) is 1.91. The first-order chi connectivity index (χ1) is 8.79. The van der Waals surface area contributed by atoms with Gasteiger partial charge in [-0.05, 0) is 25.0 Å². The maximum atomic E-state index is 11.5. The fourth-order valence-electron chi connectivity index (χ4n) is 2.64. The number of aromatic nitrogens is 2. The number of fused-ring (bicyclic) bond motifs is 1. The first kappa shape index (κ1) is 12.2. The zero-order valence-electron chi connectivity index (χ0n) is 10.0. The number of hydrogen-bond acceptors (Lipinski definition) is 2. The van der Waals surface area contributed by atoms with Crippen molar-refractivity contribution >= 4 is 33.4 Å². The molecule has 0 N–H and O–H groups in total. The Hall–Kier alpha value is -0.870. The molecule has 1 aliphatic rings. The van der Waals surface area contributed by atoms with Crippen molar-refractivity contribution in [3.05, 3.63) is 30.1 Å². The maximum absolute atomic E-state index is 11.5. The van der Waals surface area contributed by atoms with Gasteiger partial charge < -0.3 is 4.57 Å². The lowest BCUT2D eigenvalue weighted by atomic mass is 10.1. The number of halogens is 1. The molecule has 0 unspecified atom stereocenters. The number of rotatable bonds is 2. The summed E-state index contributed by atoms with van der Waals surface area (Å²) in [5.74, 6) is 2.93. The van der Waals surface area contributed by atoms with Crippen LogP contribution < -0.4 is 0 Å². The molecule has 3 rings (SSSR count). The Labute approximate surface area is 114 Å². The second kappa shape index (κ2) is 5.02. The van der Waals surface area contributed by atoms with Gasteiger partial charge in [-0.3, -0.25) is 4.21 Å². The van der Waals surface area contributed by atoms with Crippen molar-refractivity contribution in [2.75, 3.05) is 11.5 Å². The van der Waals surface area contributed by atoms with Gasteiger partial charge in [0.05, 0.1) is 16.9 Å². The maximum Gasteiger partial charge on any atom is 0.125 e. The van der Waals surface area contributed by atoms with Crippen molar-refractivity contribution in [3.63, 3.8) is 0 Å². The molecule has 18 heavy (non-hydrogen) atoms. The van der Waals surface area contributed by atoms with Gasteiger partial charge in [-0.1, -0.05) is 12.1 Å². The van der Waals surface area contributed by atoms with Crippen molar-refractivity contribution in [1.29, 1.82) is 0 Å². The van der Waals surface area contributed by atoms with Gasteiger partial charge >= 0.3 is 0 Å². The van der Waals surface area contributed by atoms with Crippen LogP contribution >= 0.6 is 11.6 Å². The molecule has 0 spiro atoms. The van der Waals surface area contributed by atoms with Crippen LogP contribution in [-0.2, 0) is 16.7 Å². The second-order valence-corrected chi connectivity index (χ2v) is 6.56. The molecule has 0 atom stereocenters. The van der Waals surface area contributed by atoms with Crippen LogP contribution in [0.5, 0.6) is 0 Å². The van der Waals surface area contributed by atoms with E-state index in [-0.39, 0.29) is 0 Å². The predicted molar refractivity (Wildman–Crippen MR) is 75.4 cm³/mol. The lowest BCUT2D eigenvalue weighted by Gasteiger charge is -2.24. The van der Waals surface area contributed by atoms with E-state index in [9.17, 15) is 4.21 Å². The quantitative estimate of drug-likeness (QED) is 0.794. The van der Waals surface area contributed by atoms with Crippen molar-refractivity contribution in [2.24, 2.45) is 0 Å². The Bertz CT molecular complexity index is 586. The number of imidazole rings is 1. The third-order valence-corrected chi connectivity index (χ3v) is 5.13. The van der Waals surface area contributed by atoms with Crippen molar-refractivity contribution in [3.8, 4) is 0 Å². The SMILES string of the molecule is O=S1CCC(n2c(CCl)nc3ccccc32)CC1. The standard InChI is InChI=1S/C13H15ClN2OS/c14-9-13-15-11-3-1-2-4-12(11)16(13)10-5-7-18(17)8-6-10/h1-4,10H,5-9H2. The third-order valence-electron chi connectivity index (χ3n) is 3.51. The molecule has 1 aromatic carbocycles. The molecule has 0 amide bonds. The topological polar surface area (TPSA) is 34.9 Å². The molecule has 3 nitrogen and oxygen atoms in total. The summed E-state index contributed by atoms with van der Waals surface area (Å²) in [5.41, 5.74) is 2.14. The van der Waals surface area contributed by atoms with Crippen LogP contribution in [0, 0.1) is 0 Å². The van der Waals surface area contributed by atoms with Crippen molar-refractivity contribution in [1.82, 2.24) is 9.55 Å². The molecule has 0 radical (unpaired) electrons. The molecule has 2 heterocycles. The highest BCUT2D eigenvalue weighted by Crippen LogP contribution is 2.29. The molecular formula is C13H15ClN2OS. The first-order valence-electron chi connectivity index (χ1n) is 6.16. The van der Waals surface area contributed by atoms with Crippen LogP contribution in [0.1, 0.15) is 24.7 Å². The Morgan fingerprint density at radius 3 is 2.78 bits per heavy atom. The van der Waals surface area contributed by atoms with E-state index in [0.29, 0.717) is 11.9 Å². The van der Waals surface area contributed by atoms with Gasteiger partial charge in [0.2, 0.25) is 0 Å². The second-order valence-electron chi connectivity index (χ2n) is 4.60. The molecular weight excluding hydrogens is 268 g/mol. The Balaban J connectivity index is 2.06. The van der Waals surface area contributed by atoms with E-state index in [4.69, 9.17) is 11.6 Å². The van der Waals surface area contributed by atoms with Crippen LogP contribution in [0.15, 0.2) is 24.3 Å². The van der Waals surface area contributed by atoms with Gasteiger partial charge in [0, 0.05) is 28.3 Å². The van der Waals surface area contributed by atoms with E-state index in [1.165, 1.54) is 0 Å². The van der Waals surface area contributed by atoms with Crippen LogP contribution in [0.25, 0.3) is 11.0 Å². The van der Waals surface area contributed by atoms with Crippen molar-refractivity contribution in [2.45, 2.75) is 24.8 Å². The largest absolute Gasteiger partial charge is 0.324 e. The first-order valence-corrected chi connectivity index (χ1v) is 8.18. The molecule has 1 fully saturated rings. The molecule has 5 heteroatoms. The fraction of sp³-hybridized carbons (Fsp3) is 0.462. The smallest absolute Gasteiger partial charge is 0.125 e. The highest BCUT2D eigenvalue weighted by Gasteiger charge is 2.23. The molecule has 0 bridgehead atoms. The Kier molecular flexibility index (Phi) is 3.39. The minimum Gasteiger partial charge on any atom is -0.324 e. The van der Waals surface area contributed by atoms with Gasteiger partial charge in [0.1, 0.15) is 5.82 Å². The average molecular weight is 283 g/mol. The molecule has 1 aromatic heterocycles. The van der Waals surface area contributed by atoms with Crippen LogP contribution in [0.2, 0.25) is 0 Å².